The van der Waals surface area contributed by atoms with Crippen molar-refractivity contribution >= 4 is 50.8 Å². The van der Waals surface area contributed by atoms with Gasteiger partial charge in [-0.15, -0.1) is 11.3 Å². The fourth-order valence-electron chi connectivity index (χ4n) is 4.03. The molecule has 4 aromatic rings. The van der Waals surface area contributed by atoms with Crippen molar-refractivity contribution < 1.29 is 23.8 Å². The lowest BCUT2D eigenvalue weighted by Crippen LogP contribution is -2.26. The Morgan fingerprint density at radius 3 is 2.85 bits per heavy atom. The lowest BCUT2D eigenvalue weighted by molar-refractivity contribution is -0.121. The maximum Gasteiger partial charge on any atom is 0.272 e. The summed E-state index contributed by atoms with van der Waals surface area (Å²) in [6.45, 7) is 0.859. The van der Waals surface area contributed by atoms with Crippen molar-refractivity contribution in [3.8, 4) is 17.2 Å². The average Bonchev–Trinajstić information content (AvgIpc) is 3.62. The number of aromatic nitrogens is 2. The number of hydrogen-bond acceptors (Lipinski definition) is 9. The average molecular weight is 567 g/mol. The molecule has 0 saturated carbocycles. The standard InChI is InChI=1S/C27H26N4O6S2/c1-35-20-6-3-2-5-18(20)29-24(33)15-39-27-30-19-10-12-38-25(19)26(34)31(27)11-4-7-23(32)28-14-17-8-9-21-22(13-17)37-16-36-21/h2-3,5-6,8-10,12-13H,4,7,11,14-16H2,1H3,(H,28,32)(H,29,33). The first-order valence-corrected chi connectivity index (χ1v) is 14.1. The SMILES string of the molecule is COc1ccccc1NC(=O)CSc1nc2ccsc2c(=O)n1CCCC(=O)NCc1ccc2c(c1)OCO2. The van der Waals surface area contributed by atoms with Crippen molar-refractivity contribution in [2.75, 3.05) is 25.0 Å². The van der Waals surface area contributed by atoms with Gasteiger partial charge in [0.1, 0.15) is 10.4 Å². The number of para-hydroxylation sites is 2. The zero-order valence-electron chi connectivity index (χ0n) is 21.1. The Kier molecular flexibility index (Phi) is 8.33. The van der Waals surface area contributed by atoms with Crippen molar-refractivity contribution in [1.29, 1.82) is 0 Å². The summed E-state index contributed by atoms with van der Waals surface area (Å²) in [5.74, 6) is 1.59. The van der Waals surface area contributed by atoms with Gasteiger partial charge in [0, 0.05) is 19.5 Å². The van der Waals surface area contributed by atoms with E-state index < -0.39 is 0 Å². The summed E-state index contributed by atoms with van der Waals surface area (Å²) in [4.78, 5) is 42.9. The van der Waals surface area contributed by atoms with Crippen LogP contribution < -0.4 is 30.4 Å². The molecule has 0 saturated heterocycles. The molecular formula is C27H26N4O6S2. The molecule has 0 fully saturated rings. The number of anilines is 1. The number of nitrogens with one attached hydrogen (secondary N) is 2. The monoisotopic (exact) mass is 566 g/mol. The van der Waals surface area contributed by atoms with Crippen molar-refractivity contribution in [2.45, 2.75) is 31.1 Å². The van der Waals surface area contributed by atoms with Gasteiger partial charge in [0.25, 0.3) is 5.56 Å². The maximum absolute atomic E-state index is 13.2. The van der Waals surface area contributed by atoms with Gasteiger partial charge in [0.2, 0.25) is 18.6 Å². The molecule has 0 unspecified atom stereocenters. The number of thioether (sulfide) groups is 1. The predicted molar refractivity (Wildman–Crippen MR) is 150 cm³/mol. The van der Waals surface area contributed by atoms with Crippen LogP contribution in [0.15, 0.2) is 63.9 Å². The molecule has 3 heterocycles. The smallest absolute Gasteiger partial charge is 0.272 e. The lowest BCUT2D eigenvalue weighted by atomic mass is 10.2. The summed E-state index contributed by atoms with van der Waals surface area (Å²) < 4.78 is 18.1. The number of amides is 2. The molecule has 0 radical (unpaired) electrons. The van der Waals surface area contributed by atoms with Crippen LogP contribution >= 0.6 is 23.1 Å². The van der Waals surface area contributed by atoms with E-state index in [-0.39, 0.29) is 36.3 Å². The highest BCUT2D eigenvalue weighted by Crippen LogP contribution is 2.32. The number of nitrogens with zero attached hydrogens (tertiary/aromatic N) is 2. The molecule has 0 spiro atoms. The molecule has 2 amide bonds. The maximum atomic E-state index is 13.2. The van der Waals surface area contributed by atoms with Crippen LogP contribution in [0.1, 0.15) is 18.4 Å². The summed E-state index contributed by atoms with van der Waals surface area (Å²) in [5, 5.41) is 7.98. The van der Waals surface area contributed by atoms with Crippen LogP contribution in [0.3, 0.4) is 0 Å². The van der Waals surface area contributed by atoms with Crippen LogP contribution in [0.2, 0.25) is 0 Å². The Bertz CT molecular complexity index is 1570. The van der Waals surface area contributed by atoms with Crippen molar-refractivity contribution in [2.24, 2.45) is 0 Å². The quantitative estimate of drug-likeness (QED) is 0.206. The molecule has 202 valence electrons. The van der Waals surface area contributed by atoms with Gasteiger partial charge in [0.15, 0.2) is 16.7 Å². The van der Waals surface area contributed by atoms with E-state index in [4.69, 9.17) is 14.2 Å². The number of methoxy groups -OCH3 is 1. The number of fused-ring (bicyclic) bond motifs is 2. The Balaban J connectivity index is 1.19. The second-order valence-electron chi connectivity index (χ2n) is 8.59. The third-order valence-electron chi connectivity index (χ3n) is 5.96. The van der Waals surface area contributed by atoms with E-state index in [1.165, 1.54) is 30.2 Å². The molecule has 0 bridgehead atoms. The number of hydrogen-bond donors (Lipinski definition) is 2. The summed E-state index contributed by atoms with van der Waals surface area (Å²) in [5.41, 5.74) is 1.89. The first-order chi connectivity index (χ1) is 19.0. The van der Waals surface area contributed by atoms with Crippen LogP contribution in [-0.4, -0.2) is 41.0 Å². The summed E-state index contributed by atoms with van der Waals surface area (Å²) in [7, 11) is 1.54. The number of rotatable bonds is 11. The molecule has 12 heteroatoms. The normalized spacial score (nSPS) is 11.9. The molecular weight excluding hydrogens is 540 g/mol. The largest absolute Gasteiger partial charge is 0.495 e. The second kappa shape index (κ2) is 12.2. The molecule has 1 aliphatic heterocycles. The molecule has 0 aliphatic carbocycles. The van der Waals surface area contributed by atoms with Gasteiger partial charge in [-0.3, -0.25) is 19.0 Å². The van der Waals surface area contributed by atoms with Gasteiger partial charge in [-0.05, 0) is 47.7 Å². The molecule has 39 heavy (non-hydrogen) atoms. The first-order valence-electron chi connectivity index (χ1n) is 12.2. The third kappa shape index (κ3) is 6.35. The number of carbonyl (C=O) groups is 2. The molecule has 2 aromatic carbocycles. The highest BCUT2D eigenvalue weighted by Gasteiger charge is 2.16. The minimum atomic E-state index is -0.251. The Morgan fingerprint density at radius 1 is 1.13 bits per heavy atom. The van der Waals surface area contributed by atoms with Crippen LogP contribution in [0.4, 0.5) is 5.69 Å². The summed E-state index contributed by atoms with van der Waals surface area (Å²) in [6.07, 6.45) is 0.671. The van der Waals surface area contributed by atoms with Crippen LogP contribution in [0, 0.1) is 0 Å². The first kappa shape index (κ1) is 26.6. The second-order valence-corrected chi connectivity index (χ2v) is 10.4. The van der Waals surface area contributed by atoms with Crippen LogP contribution in [0.25, 0.3) is 10.2 Å². The highest BCUT2D eigenvalue weighted by atomic mass is 32.2. The fraction of sp³-hybridized carbons (Fsp3) is 0.259. The van der Waals surface area contributed by atoms with Crippen molar-refractivity contribution in [1.82, 2.24) is 14.9 Å². The van der Waals surface area contributed by atoms with E-state index in [9.17, 15) is 14.4 Å². The van der Waals surface area contributed by atoms with Crippen molar-refractivity contribution in [3.63, 3.8) is 0 Å². The topological polar surface area (TPSA) is 121 Å². The zero-order chi connectivity index (χ0) is 27.2. The van der Waals surface area contributed by atoms with Crippen LogP contribution in [-0.2, 0) is 22.7 Å². The fourth-order valence-corrected chi connectivity index (χ4v) is 5.64. The van der Waals surface area contributed by atoms with E-state index >= 15 is 0 Å². The molecule has 5 rings (SSSR count). The predicted octanol–water partition coefficient (Wildman–Crippen LogP) is 4.02. The Labute approximate surface area is 232 Å². The van der Waals surface area contributed by atoms with Crippen LogP contribution in [0.5, 0.6) is 17.2 Å². The number of ether oxygens (including phenoxy) is 3. The zero-order valence-corrected chi connectivity index (χ0v) is 22.7. The molecule has 0 atom stereocenters. The molecule has 2 aromatic heterocycles. The molecule has 10 nitrogen and oxygen atoms in total. The van der Waals surface area contributed by atoms with E-state index in [1.54, 1.807) is 28.8 Å². The lowest BCUT2D eigenvalue weighted by Gasteiger charge is -2.13. The number of carbonyl (C=O) groups excluding carboxylic acids is 2. The Morgan fingerprint density at radius 2 is 1.97 bits per heavy atom. The minimum absolute atomic E-state index is 0.0517. The van der Waals surface area contributed by atoms with E-state index in [0.29, 0.717) is 57.8 Å². The van der Waals surface area contributed by atoms with E-state index in [0.717, 1.165) is 5.56 Å². The minimum Gasteiger partial charge on any atom is -0.495 e. The Hall–Kier alpha value is -4.03. The number of benzene rings is 2. The summed E-state index contributed by atoms with van der Waals surface area (Å²) >= 11 is 2.50. The van der Waals surface area contributed by atoms with E-state index in [1.807, 2.05) is 29.6 Å². The van der Waals surface area contributed by atoms with Gasteiger partial charge in [-0.25, -0.2) is 4.98 Å². The van der Waals surface area contributed by atoms with Gasteiger partial charge >= 0.3 is 0 Å². The molecule has 2 N–H and O–H groups in total. The van der Waals surface area contributed by atoms with Gasteiger partial charge in [-0.1, -0.05) is 30.0 Å². The third-order valence-corrected chi connectivity index (χ3v) is 7.82. The number of thiophene rings is 1. The highest BCUT2D eigenvalue weighted by molar-refractivity contribution is 7.99. The van der Waals surface area contributed by atoms with Gasteiger partial charge in [0.05, 0.1) is 24.1 Å². The van der Waals surface area contributed by atoms with Gasteiger partial charge in [-0.2, -0.15) is 0 Å². The van der Waals surface area contributed by atoms with E-state index in [2.05, 4.69) is 15.6 Å². The molecule has 1 aliphatic rings. The van der Waals surface area contributed by atoms with Gasteiger partial charge < -0.3 is 24.8 Å². The summed E-state index contributed by atoms with van der Waals surface area (Å²) in [6, 6.07) is 14.5. The van der Waals surface area contributed by atoms with Crippen molar-refractivity contribution in [3.05, 3.63) is 69.8 Å².